The van der Waals surface area contributed by atoms with Gasteiger partial charge in [-0.3, -0.25) is 19.5 Å². The van der Waals surface area contributed by atoms with Gasteiger partial charge in [0.15, 0.2) is 0 Å². The van der Waals surface area contributed by atoms with Gasteiger partial charge in [-0.15, -0.1) is 0 Å². The first-order chi connectivity index (χ1) is 15.5. The lowest BCUT2D eigenvalue weighted by Gasteiger charge is -2.26. The monoisotopic (exact) mass is 478 g/mol. The van der Waals surface area contributed by atoms with Gasteiger partial charge in [-0.2, -0.15) is 10.1 Å². The Morgan fingerprint density at radius 1 is 1.22 bits per heavy atom. The van der Waals surface area contributed by atoms with Crippen molar-refractivity contribution in [2.24, 2.45) is 5.10 Å². The number of halogens is 2. The predicted molar refractivity (Wildman–Crippen MR) is 126 cm³/mol. The second-order valence-electron chi connectivity index (χ2n) is 6.94. The molecule has 32 heavy (non-hydrogen) atoms. The molecule has 1 saturated heterocycles. The zero-order valence-electron chi connectivity index (χ0n) is 17.4. The van der Waals surface area contributed by atoms with Crippen LogP contribution in [-0.2, 0) is 9.53 Å². The molecule has 170 valence electrons. The fourth-order valence-electron chi connectivity index (χ4n) is 3.16. The number of ether oxygens (including phenoxy) is 1. The Balaban J connectivity index is 1.55. The van der Waals surface area contributed by atoms with E-state index in [-0.39, 0.29) is 28.2 Å². The van der Waals surface area contributed by atoms with E-state index < -0.39 is 5.91 Å². The Kier molecular flexibility index (Phi) is 8.81. The number of pyridine rings is 1. The number of carbonyl (C=O) groups is 2. The smallest absolute Gasteiger partial charge is 0.266 e. The zero-order valence-corrected chi connectivity index (χ0v) is 18.9. The van der Waals surface area contributed by atoms with Crippen molar-refractivity contribution >= 4 is 53.1 Å². The number of nitrogens with zero attached hydrogens (tertiary/aromatic N) is 4. The predicted octanol–water partition coefficient (Wildman–Crippen LogP) is 2.51. The first kappa shape index (κ1) is 23.9. The number of morpholine rings is 1. The summed E-state index contributed by atoms with van der Waals surface area (Å²) >= 11 is 12.2. The van der Waals surface area contributed by atoms with Gasteiger partial charge in [-0.05, 0) is 18.2 Å². The third kappa shape index (κ3) is 6.39. The molecule has 0 spiro atoms. The van der Waals surface area contributed by atoms with Crippen LogP contribution < -0.4 is 15.6 Å². The van der Waals surface area contributed by atoms with E-state index in [4.69, 9.17) is 27.9 Å². The van der Waals surface area contributed by atoms with Crippen LogP contribution in [-0.4, -0.2) is 74.4 Å². The van der Waals surface area contributed by atoms with Crippen molar-refractivity contribution in [1.29, 1.82) is 0 Å². The summed E-state index contributed by atoms with van der Waals surface area (Å²) in [5.41, 5.74) is 1.30. The largest absolute Gasteiger partial charge is 0.379 e. The summed E-state index contributed by atoms with van der Waals surface area (Å²) in [5.74, 6) is -0.617. The van der Waals surface area contributed by atoms with Crippen molar-refractivity contribution in [1.82, 2.24) is 15.2 Å². The van der Waals surface area contributed by atoms with Crippen molar-refractivity contribution in [2.45, 2.75) is 0 Å². The summed E-state index contributed by atoms with van der Waals surface area (Å²) in [6.45, 7) is 7.80. The Hall–Kier alpha value is -2.72. The molecule has 1 aliphatic heterocycles. The van der Waals surface area contributed by atoms with Crippen LogP contribution in [0.1, 0.15) is 10.4 Å². The quantitative estimate of drug-likeness (QED) is 0.424. The average molecular weight is 479 g/mol. The molecule has 2 heterocycles. The van der Waals surface area contributed by atoms with Crippen LogP contribution in [0.4, 0.5) is 11.4 Å². The van der Waals surface area contributed by atoms with Crippen LogP contribution in [0, 0.1) is 0 Å². The molecule has 11 heteroatoms. The molecule has 3 rings (SSSR count). The fraction of sp³-hybridized carbons (Fsp3) is 0.333. The van der Waals surface area contributed by atoms with Crippen molar-refractivity contribution < 1.29 is 14.3 Å². The van der Waals surface area contributed by atoms with Crippen LogP contribution in [0.25, 0.3) is 0 Å². The summed E-state index contributed by atoms with van der Waals surface area (Å²) in [5, 5.41) is 11.0. The highest BCUT2D eigenvalue weighted by molar-refractivity contribution is 6.39. The Bertz CT molecular complexity index is 948. The maximum atomic E-state index is 12.7. The third-order valence-electron chi connectivity index (χ3n) is 4.80. The van der Waals surface area contributed by atoms with Crippen LogP contribution in [0.2, 0.25) is 10.0 Å². The van der Waals surface area contributed by atoms with Gasteiger partial charge in [0.25, 0.3) is 11.8 Å². The van der Waals surface area contributed by atoms with Crippen LogP contribution in [0.15, 0.2) is 41.8 Å². The lowest BCUT2D eigenvalue weighted by atomic mass is 10.2. The van der Waals surface area contributed by atoms with E-state index in [1.54, 1.807) is 24.3 Å². The maximum absolute atomic E-state index is 12.7. The molecule has 1 fully saturated rings. The van der Waals surface area contributed by atoms with Gasteiger partial charge in [-0.1, -0.05) is 29.3 Å². The lowest BCUT2D eigenvalue weighted by molar-refractivity contribution is -0.117. The molecule has 0 unspecified atom stereocenters. The number of amides is 2. The summed E-state index contributed by atoms with van der Waals surface area (Å²) in [6, 6.07) is 6.89. The molecule has 2 amide bonds. The number of anilines is 2. The van der Waals surface area contributed by atoms with E-state index in [1.165, 1.54) is 12.4 Å². The molecule has 1 aromatic carbocycles. The molecule has 2 aromatic rings. The molecule has 2 N–H and O–H groups in total. The number of hydrogen-bond acceptors (Lipinski definition) is 7. The highest BCUT2D eigenvalue weighted by Crippen LogP contribution is 2.32. The molecule has 9 nitrogen and oxygen atoms in total. The Labute approximate surface area is 196 Å². The minimum Gasteiger partial charge on any atom is -0.379 e. The second-order valence-corrected chi connectivity index (χ2v) is 7.76. The average Bonchev–Trinajstić information content (AvgIpc) is 2.81. The molecule has 0 bridgehead atoms. The second kappa shape index (κ2) is 11.8. The van der Waals surface area contributed by atoms with Gasteiger partial charge < -0.3 is 15.4 Å². The molecule has 0 saturated carbocycles. The first-order valence-corrected chi connectivity index (χ1v) is 10.8. The Morgan fingerprint density at radius 3 is 2.62 bits per heavy atom. The highest BCUT2D eigenvalue weighted by Gasteiger charge is 2.20. The third-order valence-corrected chi connectivity index (χ3v) is 5.36. The van der Waals surface area contributed by atoms with Crippen LogP contribution in [0.5, 0.6) is 0 Å². The summed E-state index contributed by atoms with van der Waals surface area (Å²) in [4.78, 5) is 31.2. The topological polar surface area (TPSA) is 99.2 Å². The van der Waals surface area contributed by atoms with Gasteiger partial charge in [0, 0.05) is 56.5 Å². The number of hydrazone groups is 1. The molecular weight excluding hydrogens is 455 g/mol. The number of carbonyl (C=O) groups excluding carboxylic acids is 2. The zero-order chi connectivity index (χ0) is 22.9. The maximum Gasteiger partial charge on any atom is 0.266 e. The molecule has 0 radical (unpaired) electrons. The van der Waals surface area contributed by atoms with Crippen molar-refractivity contribution in [3.8, 4) is 0 Å². The van der Waals surface area contributed by atoms with E-state index in [0.717, 1.165) is 37.9 Å². The van der Waals surface area contributed by atoms with Gasteiger partial charge in [0.05, 0.1) is 29.8 Å². The SMILES string of the molecule is C=NN(C(=O)CNc1cccc(C(=O)NCCN2CCOCC2)c1)c1c(Cl)cncc1Cl. The normalized spacial score (nSPS) is 13.9. The van der Waals surface area contributed by atoms with Crippen LogP contribution in [0.3, 0.4) is 0 Å². The van der Waals surface area contributed by atoms with Gasteiger partial charge >= 0.3 is 0 Å². The summed E-state index contributed by atoms with van der Waals surface area (Å²) in [6.07, 6.45) is 2.73. The molecule has 0 aliphatic carbocycles. The molecule has 0 atom stereocenters. The minimum absolute atomic E-state index is 0.115. The Morgan fingerprint density at radius 2 is 1.94 bits per heavy atom. The van der Waals surface area contributed by atoms with Crippen molar-refractivity contribution in [2.75, 3.05) is 56.3 Å². The molecule has 1 aromatic heterocycles. The highest BCUT2D eigenvalue weighted by atomic mass is 35.5. The van der Waals surface area contributed by atoms with E-state index in [1.807, 2.05) is 0 Å². The number of nitrogens with one attached hydrogen (secondary N) is 2. The van der Waals surface area contributed by atoms with Gasteiger partial charge in [0.1, 0.15) is 5.69 Å². The van der Waals surface area contributed by atoms with Gasteiger partial charge in [-0.25, -0.2) is 0 Å². The lowest BCUT2D eigenvalue weighted by Crippen LogP contribution is -2.41. The molecular formula is C21H24Cl2N6O3. The molecule has 1 aliphatic rings. The van der Waals surface area contributed by atoms with E-state index >= 15 is 0 Å². The number of aromatic nitrogens is 1. The minimum atomic E-state index is -0.435. The number of hydrogen-bond donors (Lipinski definition) is 2. The fourth-order valence-corrected chi connectivity index (χ4v) is 3.68. The number of rotatable bonds is 9. The van der Waals surface area contributed by atoms with Crippen molar-refractivity contribution in [3.63, 3.8) is 0 Å². The summed E-state index contributed by atoms with van der Waals surface area (Å²) < 4.78 is 5.32. The first-order valence-electron chi connectivity index (χ1n) is 10.0. The van der Waals surface area contributed by atoms with E-state index in [0.29, 0.717) is 17.8 Å². The van der Waals surface area contributed by atoms with E-state index in [2.05, 4.69) is 32.3 Å². The van der Waals surface area contributed by atoms with E-state index in [9.17, 15) is 9.59 Å². The summed E-state index contributed by atoms with van der Waals surface area (Å²) in [7, 11) is 0. The van der Waals surface area contributed by atoms with Crippen molar-refractivity contribution in [3.05, 3.63) is 52.3 Å². The standard InChI is InChI=1S/C21H24Cl2N6O3/c1-24-29(20-17(22)12-25-13-18(20)23)19(30)14-27-16-4-2-3-15(11-16)21(31)26-5-6-28-7-9-32-10-8-28/h2-4,11-13,27H,1,5-10,14H2,(H,26,31). The number of benzene rings is 1. The van der Waals surface area contributed by atoms with Gasteiger partial charge in [0.2, 0.25) is 0 Å². The van der Waals surface area contributed by atoms with Crippen LogP contribution >= 0.6 is 23.2 Å².